The molecule has 4 rings (SSSR count). The number of nitrogens with zero attached hydrogens (tertiary/aromatic N) is 1. The molecule has 1 aromatic heterocycles. The van der Waals surface area contributed by atoms with Gasteiger partial charge in [0.2, 0.25) is 5.91 Å². The Kier molecular flexibility index (Phi) is 5.95. The third-order valence-electron chi connectivity index (χ3n) is 4.78. The molecule has 0 saturated carbocycles. The van der Waals surface area contributed by atoms with E-state index in [0.717, 1.165) is 39.6 Å². The topological polar surface area (TPSA) is 63.2 Å². The molecule has 0 aliphatic carbocycles. The molecule has 0 aliphatic heterocycles. The molecule has 1 atom stereocenters. The SMILES string of the molecule is COc1ccc(N[C@H](C)C(=O)Nc2ccc(Cc3nc4ccccc4s3)cc2)cc1. The lowest BCUT2D eigenvalue weighted by atomic mass is 10.1. The second-order valence-corrected chi connectivity index (χ2v) is 8.15. The number of fused-ring (bicyclic) bond motifs is 1. The number of thiazole rings is 1. The Morgan fingerprint density at radius 1 is 1.00 bits per heavy atom. The van der Waals surface area contributed by atoms with Gasteiger partial charge < -0.3 is 15.4 Å². The van der Waals surface area contributed by atoms with Gasteiger partial charge in [-0.2, -0.15) is 0 Å². The summed E-state index contributed by atoms with van der Waals surface area (Å²) in [7, 11) is 1.63. The number of hydrogen-bond donors (Lipinski definition) is 2. The van der Waals surface area contributed by atoms with Crippen molar-refractivity contribution in [1.82, 2.24) is 4.98 Å². The smallest absolute Gasteiger partial charge is 0.246 e. The van der Waals surface area contributed by atoms with Crippen molar-refractivity contribution >= 4 is 38.8 Å². The van der Waals surface area contributed by atoms with Gasteiger partial charge in [0, 0.05) is 17.8 Å². The number of methoxy groups -OCH3 is 1. The van der Waals surface area contributed by atoms with Gasteiger partial charge in [-0.1, -0.05) is 24.3 Å². The first kappa shape index (κ1) is 19.9. The van der Waals surface area contributed by atoms with Crippen molar-refractivity contribution in [3.63, 3.8) is 0 Å². The fourth-order valence-electron chi connectivity index (χ4n) is 3.13. The monoisotopic (exact) mass is 417 g/mol. The first-order valence-electron chi connectivity index (χ1n) is 9.75. The van der Waals surface area contributed by atoms with E-state index in [1.165, 1.54) is 4.70 Å². The Labute approximate surface area is 179 Å². The standard InChI is InChI=1S/C24H23N3O2S/c1-16(25-18-11-13-20(29-2)14-12-18)24(28)26-19-9-7-17(8-10-19)15-23-27-21-5-3-4-6-22(21)30-23/h3-14,16,25H,15H2,1-2H3,(H,26,28)/t16-/m1/s1. The molecule has 152 valence electrons. The van der Waals surface area contributed by atoms with Gasteiger partial charge in [0.15, 0.2) is 0 Å². The lowest BCUT2D eigenvalue weighted by Crippen LogP contribution is -2.31. The summed E-state index contributed by atoms with van der Waals surface area (Å²) in [5.41, 5.74) is 3.84. The second-order valence-electron chi connectivity index (χ2n) is 7.03. The van der Waals surface area contributed by atoms with Crippen molar-refractivity contribution in [2.24, 2.45) is 0 Å². The zero-order chi connectivity index (χ0) is 20.9. The van der Waals surface area contributed by atoms with Gasteiger partial charge in [0.25, 0.3) is 0 Å². The quantitative estimate of drug-likeness (QED) is 0.426. The van der Waals surface area contributed by atoms with Crippen molar-refractivity contribution in [3.05, 3.63) is 83.4 Å². The molecular formula is C24H23N3O2S. The Bertz CT molecular complexity index is 1100. The van der Waals surface area contributed by atoms with Crippen LogP contribution >= 0.6 is 11.3 Å². The molecule has 3 aromatic carbocycles. The number of anilines is 2. The van der Waals surface area contributed by atoms with Gasteiger partial charge in [0.05, 0.1) is 22.3 Å². The number of ether oxygens (including phenoxy) is 1. The molecule has 5 nitrogen and oxygen atoms in total. The van der Waals surface area contributed by atoms with E-state index in [9.17, 15) is 4.79 Å². The van der Waals surface area contributed by atoms with Gasteiger partial charge in [-0.15, -0.1) is 11.3 Å². The molecule has 0 unspecified atom stereocenters. The molecule has 0 aliphatic rings. The fourth-order valence-corrected chi connectivity index (χ4v) is 4.13. The van der Waals surface area contributed by atoms with Crippen LogP contribution in [0.4, 0.5) is 11.4 Å². The van der Waals surface area contributed by atoms with Gasteiger partial charge in [0.1, 0.15) is 11.8 Å². The van der Waals surface area contributed by atoms with Crippen LogP contribution in [0.5, 0.6) is 5.75 Å². The Hall–Kier alpha value is -3.38. The minimum Gasteiger partial charge on any atom is -0.497 e. The summed E-state index contributed by atoms with van der Waals surface area (Å²) in [6.07, 6.45) is 0.781. The fraction of sp³-hybridized carbons (Fsp3) is 0.167. The molecule has 6 heteroatoms. The minimum absolute atomic E-state index is 0.0928. The summed E-state index contributed by atoms with van der Waals surface area (Å²) < 4.78 is 6.36. The first-order valence-corrected chi connectivity index (χ1v) is 10.6. The van der Waals surface area contributed by atoms with E-state index in [2.05, 4.69) is 21.7 Å². The number of nitrogens with one attached hydrogen (secondary N) is 2. The molecule has 0 saturated heterocycles. The van der Waals surface area contributed by atoms with Crippen LogP contribution in [0.1, 0.15) is 17.5 Å². The molecule has 0 fully saturated rings. The van der Waals surface area contributed by atoms with Gasteiger partial charge in [-0.3, -0.25) is 4.79 Å². The number of hydrogen-bond acceptors (Lipinski definition) is 5. The van der Waals surface area contributed by atoms with Crippen LogP contribution in [0.2, 0.25) is 0 Å². The van der Waals surface area contributed by atoms with E-state index in [1.54, 1.807) is 18.4 Å². The highest BCUT2D eigenvalue weighted by Crippen LogP contribution is 2.24. The van der Waals surface area contributed by atoms with Crippen LogP contribution in [-0.4, -0.2) is 24.0 Å². The van der Waals surface area contributed by atoms with E-state index in [4.69, 9.17) is 4.74 Å². The largest absolute Gasteiger partial charge is 0.497 e. The van der Waals surface area contributed by atoms with Crippen molar-refractivity contribution in [1.29, 1.82) is 0 Å². The number of carbonyl (C=O) groups excluding carboxylic acids is 1. The van der Waals surface area contributed by atoms with Crippen LogP contribution in [0, 0.1) is 0 Å². The van der Waals surface area contributed by atoms with Crippen LogP contribution in [0.3, 0.4) is 0 Å². The summed E-state index contributed by atoms with van der Waals surface area (Å²) in [4.78, 5) is 17.2. The van der Waals surface area contributed by atoms with Crippen molar-refractivity contribution in [2.45, 2.75) is 19.4 Å². The summed E-state index contributed by atoms with van der Waals surface area (Å²) >= 11 is 1.72. The predicted molar refractivity (Wildman–Crippen MR) is 124 cm³/mol. The molecule has 2 N–H and O–H groups in total. The van der Waals surface area contributed by atoms with E-state index >= 15 is 0 Å². The van der Waals surface area contributed by atoms with Crippen LogP contribution in [0.25, 0.3) is 10.2 Å². The summed E-state index contributed by atoms with van der Waals surface area (Å²) in [5.74, 6) is 0.688. The van der Waals surface area contributed by atoms with Gasteiger partial charge in [-0.25, -0.2) is 4.98 Å². The highest BCUT2D eigenvalue weighted by molar-refractivity contribution is 7.18. The van der Waals surface area contributed by atoms with Crippen molar-refractivity contribution in [2.75, 3.05) is 17.7 Å². The number of benzene rings is 3. The van der Waals surface area contributed by atoms with Crippen LogP contribution in [0.15, 0.2) is 72.8 Å². The molecule has 0 bridgehead atoms. The zero-order valence-corrected chi connectivity index (χ0v) is 17.7. The molecule has 0 radical (unpaired) electrons. The average molecular weight is 418 g/mol. The first-order chi connectivity index (χ1) is 14.6. The van der Waals surface area contributed by atoms with Crippen LogP contribution in [-0.2, 0) is 11.2 Å². The zero-order valence-electron chi connectivity index (χ0n) is 16.9. The van der Waals surface area contributed by atoms with E-state index in [0.29, 0.717) is 0 Å². The summed E-state index contributed by atoms with van der Waals surface area (Å²) in [5, 5.41) is 7.24. The van der Waals surface area contributed by atoms with E-state index in [1.807, 2.05) is 73.7 Å². The molecule has 1 amide bonds. The Balaban J connectivity index is 1.34. The minimum atomic E-state index is -0.374. The number of rotatable bonds is 7. The lowest BCUT2D eigenvalue weighted by Gasteiger charge is -2.15. The summed E-state index contributed by atoms with van der Waals surface area (Å²) in [6.45, 7) is 1.83. The average Bonchev–Trinajstić information content (AvgIpc) is 3.18. The lowest BCUT2D eigenvalue weighted by molar-refractivity contribution is -0.116. The normalized spacial score (nSPS) is 11.8. The maximum absolute atomic E-state index is 12.5. The summed E-state index contributed by atoms with van der Waals surface area (Å²) in [6, 6.07) is 23.2. The van der Waals surface area contributed by atoms with Crippen molar-refractivity contribution in [3.8, 4) is 5.75 Å². The highest BCUT2D eigenvalue weighted by Gasteiger charge is 2.13. The Morgan fingerprint density at radius 2 is 1.70 bits per heavy atom. The van der Waals surface area contributed by atoms with Gasteiger partial charge in [-0.05, 0) is 61.0 Å². The molecule has 0 spiro atoms. The van der Waals surface area contributed by atoms with E-state index < -0.39 is 0 Å². The molecule has 1 heterocycles. The molecular weight excluding hydrogens is 394 g/mol. The maximum Gasteiger partial charge on any atom is 0.246 e. The number of amides is 1. The highest BCUT2D eigenvalue weighted by atomic mass is 32.1. The number of carbonyl (C=O) groups is 1. The van der Waals surface area contributed by atoms with Crippen molar-refractivity contribution < 1.29 is 9.53 Å². The predicted octanol–water partition coefficient (Wildman–Crippen LogP) is 5.33. The van der Waals surface area contributed by atoms with E-state index in [-0.39, 0.29) is 11.9 Å². The van der Waals surface area contributed by atoms with Crippen LogP contribution < -0.4 is 15.4 Å². The number of aromatic nitrogens is 1. The third-order valence-corrected chi connectivity index (χ3v) is 5.82. The third kappa shape index (κ3) is 4.78. The molecule has 4 aromatic rings. The maximum atomic E-state index is 12.5. The number of para-hydroxylation sites is 1. The Morgan fingerprint density at radius 3 is 2.40 bits per heavy atom. The van der Waals surface area contributed by atoms with Gasteiger partial charge >= 0.3 is 0 Å². The second kappa shape index (κ2) is 8.97. The molecule has 30 heavy (non-hydrogen) atoms.